The number of nitrogens with one attached hydrogen (secondary N) is 1. The van der Waals surface area contributed by atoms with Crippen LogP contribution in [0.2, 0.25) is 0 Å². The summed E-state index contributed by atoms with van der Waals surface area (Å²) in [4.78, 5) is 24.9. The highest BCUT2D eigenvalue weighted by molar-refractivity contribution is 5.82. The van der Waals surface area contributed by atoms with Crippen molar-refractivity contribution in [3.63, 3.8) is 0 Å². The minimum atomic E-state index is -0.398. The Morgan fingerprint density at radius 1 is 1.25 bits per heavy atom. The minimum Gasteiger partial charge on any atom is -0.358 e. The third-order valence-corrected chi connectivity index (χ3v) is 4.40. The Kier molecular flexibility index (Phi) is 4.57. The van der Waals surface area contributed by atoms with Gasteiger partial charge in [0.1, 0.15) is 0 Å². The quantitative estimate of drug-likeness (QED) is 0.691. The Labute approximate surface area is 140 Å². The molecule has 2 aromatic rings. The molecular formula is C18H19N3O3. The minimum absolute atomic E-state index is 0.0325. The van der Waals surface area contributed by atoms with Gasteiger partial charge in [-0.3, -0.25) is 19.8 Å². The Bertz CT molecular complexity index is 776. The second-order valence-corrected chi connectivity index (χ2v) is 5.93. The molecular weight excluding hydrogens is 306 g/mol. The maximum absolute atomic E-state index is 12.3. The first-order valence-electron chi connectivity index (χ1n) is 7.84. The summed E-state index contributed by atoms with van der Waals surface area (Å²) < 4.78 is 0. The smallest absolute Gasteiger partial charge is 0.269 e. The molecule has 2 aromatic carbocycles. The van der Waals surface area contributed by atoms with Crippen molar-refractivity contribution in [3.05, 3.63) is 75.3 Å². The van der Waals surface area contributed by atoms with Crippen LogP contribution in [0.25, 0.3) is 0 Å². The first kappa shape index (κ1) is 16.1. The first-order chi connectivity index (χ1) is 11.6. The Morgan fingerprint density at radius 3 is 2.71 bits per heavy atom. The van der Waals surface area contributed by atoms with E-state index in [2.05, 4.69) is 22.3 Å². The highest BCUT2D eigenvalue weighted by Gasteiger charge is 2.30. The molecule has 0 radical (unpaired) electrons. The number of amides is 1. The van der Waals surface area contributed by atoms with Gasteiger partial charge in [0.25, 0.3) is 5.69 Å². The van der Waals surface area contributed by atoms with Gasteiger partial charge in [-0.25, -0.2) is 0 Å². The SMILES string of the molecule is CNC(=O)C1Cc2ccccc2CN1Cc1cccc([N+](=O)[O-])c1. The standard InChI is InChI=1S/C18H19N3O3/c1-19-18(22)17-10-14-6-2-3-7-15(14)12-20(17)11-13-5-4-8-16(9-13)21(23)24/h2-9,17H,10-12H2,1H3,(H,19,22). The predicted octanol–water partition coefficient (Wildman–Crippen LogP) is 2.27. The molecule has 0 aromatic heterocycles. The highest BCUT2D eigenvalue weighted by atomic mass is 16.6. The molecule has 1 aliphatic rings. The van der Waals surface area contributed by atoms with E-state index in [4.69, 9.17) is 0 Å². The normalized spacial score (nSPS) is 17.1. The van der Waals surface area contributed by atoms with E-state index in [0.29, 0.717) is 19.5 Å². The molecule has 0 saturated carbocycles. The Morgan fingerprint density at radius 2 is 2.00 bits per heavy atom. The molecule has 1 aliphatic heterocycles. The van der Waals surface area contributed by atoms with Gasteiger partial charge in [0.2, 0.25) is 5.91 Å². The number of rotatable bonds is 4. The van der Waals surface area contributed by atoms with E-state index in [1.807, 2.05) is 18.2 Å². The van der Waals surface area contributed by atoms with Crippen molar-refractivity contribution in [3.8, 4) is 0 Å². The summed E-state index contributed by atoms with van der Waals surface area (Å²) in [6, 6.07) is 14.4. The molecule has 124 valence electrons. The lowest BCUT2D eigenvalue weighted by atomic mass is 9.93. The first-order valence-corrected chi connectivity index (χ1v) is 7.84. The molecule has 0 bridgehead atoms. The van der Waals surface area contributed by atoms with Gasteiger partial charge in [-0.05, 0) is 23.1 Å². The molecule has 1 heterocycles. The van der Waals surface area contributed by atoms with E-state index >= 15 is 0 Å². The number of hydrogen-bond acceptors (Lipinski definition) is 4. The van der Waals surface area contributed by atoms with Crippen molar-refractivity contribution in [1.29, 1.82) is 0 Å². The summed E-state index contributed by atoms with van der Waals surface area (Å²) in [7, 11) is 1.63. The van der Waals surface area contributed by atoms with Crippen molar-refractivity contribution in [1.82, 2.24) is 10.2 Å². The van der Waals surface area contributed by atoms with E-state index in [1.165, 1.54) is 17.2 Å². The van der Waals surface area contributed by atoms with Gasteiger partial charge in [-0.2, -0.15) is 0 Å². The Hall–Kier alpha value is -2.73. The zero-order valence-corrected chi connectivity index (χ0v) is 13.4. The fraction of sp³-hybridized carbons (Fsp3) is 0.278. The predicted molar refractivity (Wildman–Crippen MR) is 90.3 cm³/mol. The average molecular weight is 325 g/mol. The molecule has 0 saturated heterocycles. The largest absolute Gasteiger partial charge is 0.358 e. The van der Waals surface area contributed by atoms with Crippen molar-refractivity contribution in [2.24, 2.45) is 0 Å². The number of likely N-dealkylation sites (N-methyl/N-ethyl adjacent to an activating group) is 1. The van der Waals surface area contributed by atoms with Crippen LogP contribution in [0.1, 0.15) is 16.7 Å². The number of benzene rings is 2. The van der Waals surface area contributed by atoms with E-state index < -0.39 is 4.92 Å². The van der Waals surface area contributed by atoms with E-state index in [9.17, 15) is 14.9 Å². The van der Waals surface area contributed by atoms with Crippen LogP contribution >= 0.6 is 0 Å². The third kappa shape index (κ3) is 3.28. The van der Waals surface area contributed by atoms with E-state index in [0.717, 1.165) is 5.56 Å². The summed E-state index contributed by atoms with van der Waals surface area (Å²) in [6.07, 6.45) is 0.644. The number of carbonyl (C=O) groups excluding carboxylic acids is 1. The monoisotopic (exact) mass is 325 g/mol. The van der Waals surface area contributed by atoms with Crippen molar-refractivity contribution < 1.29 is 9.72 Å². The van der Waals surface area contributed by atoms with Gasteiger partial charge < -0.3 is 5.32 Å². The van der Waals surface area contributed by atoms with Gasteiger partial charge in [0.15, 0.2) is 0 Å². The molecule has 24 heavy (non-hydrogen) atoms. The van der Waals surface area contributed by atoms with E-state index in [1.54, 1.807) is 19.2 Å². The highest BCUT2D eigenvalue weighted by Crippen LogP contribution is 2.26. The van der Waals surface area contributed by atoms with Crippen LogP contribution in [0.3, 0.4) is 0 Å². The zero-order chi connectivity index (χ0) is 17.1. The van der Waals surface area contributed by atoms with Gasteiger partial charge in [-0.15, -0.1) is 0 Å². The van der Waals surface area contributed by atoms with Crippen LogP contribution in [0.15, 0.2) is 48.5 Å². The maximum atomic E-state index is 12.3. The van der Waals surface area contributed by atoms with Gasteiger partial charge in [0, 0.05) is 32.3 Å². The van der Waals surface area contributed by atoms with E-state index in [-0.39, 0.29) is 17.6 Å². The number of non-ortho nitro benzene ring substituents is 1. The van der Waals surface area contributed by atoms with Crippen LogP contribution in [0.4, 0.5) is 5.69 Å². The van der Waals surface area contributed by atoms with Crippen LogP contribution in [-0.2, 0) is 24.3 Å². The molecule has 0 fully saturated rings. The number of nitro benzene ring substituents is 1. The lowest BCUT2D eigenvalue weighted by Gasteiger charge is -2.35. The summed E-state index contributed by atoms with van der Waals surface area (Å²) in [6.45, 7) is 1.14. The van der Waals surface area contributed by atoms with Crippen LogP contribution in [-0.4, -0.2) is 28.8 Å². The third-order valence-electron chi connectivity index (χ3n) is 4.40. The Balaban J connectivity index is 1.88. The fourth-order valence-corrected chi connectivity index (χ4v) is 3.17. The number of nitro groups is 1. The lowest BCUT2D eigenvalue weighted by Crippen LogP contribution is -2.49. The van der Waals surface area contributed by atoms with Crippen LogP contribution < -0.4 is 5.32 Å². The second-order valence-electron chi connectivity index (χ2n) is 5.93. The van der Waals surface area contributed by atoms with Gasteiger partial charge in [-0.1, -0.05) is 36.4 Å². The molecule has 6 heteroatoms. The molecule has 3 rings (SSSR count). The van der Waals surface area contributed by atoms with Crippen LogP contribution in [0.5, 0.6) is 0 Å². The number of fused-ring (bicyclic) bond motifs is 1. The van der Waals surface area contributed by atoms with Gasteiger partial charge >= 0.3 is 0 Å². The summed E-state index contributed by atoms with van der Waals surface area (Å²) in [5, 5.41) is 13.7. The van der Waals surface area contributed by atoms with Crippen LogP contribution in [0, 0.1) is 10.1 Å². The van der Waals surface area contributed by atoms with Crippen molar-refractivity contribution >= 4 is 11.6 Å². The number of hydrogen-bond donors (Lipinski definition) is 1. The number of carbonyl (C=O) groups is 1. The molecule has 1 unspecified atom stereocenters. The maximum Gasteiger partial charge on any atom is 0.269 e. The number of nitrogens with zero attached hydrogens (tertiary/aromatic N) is 2. The molecule has 0 aliphatic carbocycles. The zero-order valence-electron chi connectivity index (χ0n) is 13.4. The average Bonchev–Trinajstić information content (AvgIpc) is 2.60. The topological polar surface area (TPSA) is 75.5 Å². The summed E-state index contributed by atoms with van der Waals surface area (Å²) in [5.74, 6) is -0.0325. The summed E-state index contributed by atoms with van der Waals surface area (Å²) >= 11 is 0. The lowest BCUT2D eigenvalue weighted by molar-refractivity contribution is -0.384. The molecule has 1 amide bonds. The second kappa shape index (κ2) is 6.80. The molecule has 1 atom stereocenters. The molecule has 0 spiro atoms. The van der Waals surface area contributed by atoms with Gasteiger partial charge in [0.05, 0.1) is 11.0 Å². The molecule has 6 nitrogen and oxygen atoms in total. The van der Waals surface area contributed by atoms with Crippen molar-refractivity contribution in [2.75, 3.05) is 7.05 Å². The fourth-order valence-electron chi connectivity index (χ4n) is 3.17. The van der Waals surface area contributed by atoms with Crippen molar-refractivity contribution in [2.45, 2.75) is 25.6 Å². The summed E-state index contributed by atoms with van der Waals surface area (Å²) in [5.41, 5.74) is 3.28. The molecule has 1 N–H and O–H groups in total.